The smallest absolute Gasteiger partial charge is 0.253 e. The Bertz CT molecular complexity index is 349. The summed E-state index contributed by atoms with van der Waals surface area (Å²) in [7, 11) is 0. The number of benzene rings is 1. The molecule has 88 valence electrons. The molecule has 0 aromatic heterocycles. The minimum Gasteiger partial charge on any atom is -0.395 e. The fourth-order valence-corrected chi connectivity index (χ4v) is 2.05. The highest BCUT2D eigenvalue weighted by Gasteiger charge is 2.14. The van der Waals surface area contributed by atoms with Gasteiger partial charge in [-0.25, -0.2) is 0 Å². The standard InChI is InChI=1S/C12H16INO2/c1-2-6-14(7-8-15)12(16)10-4-3-5-11(13)9-10/h3-5,9,15H,2,6-8H2,1H3. The molecule has 0 aliphatic heterocycles. The number of hydrogen-bond acceptors (Lipinski definition) is 2. The first-order valence-corrected chi connectivity index (χ1v) is 6.42. The molecule has 0 saturated heterocycles. The summed E-state index contributed by atoms with van der Waals surface area (Å²) in [5, 5.41) is 8.92. The first-order valence-electron chi connectivity index (χ1n) is 5.34. The van der Waals surface area contributed by atoms with Crippen LogP contribution >= 0.6 is 22.6 Å². The molecule has 1 amide bonds. The van der Waals surface area contributed by atoms with Crippen LogP contribution in [0.3, 0.4) is 0 Å². The molecule has 1 aromatic rings. The number of halogens is 1. The summed E-state index contributed by atoms with van der Waals surface area (Å²) in [5.41, 5.74) is 0.689. The van der Waals surface area contributed by atoms with Crippen LogP contribution in [0.5, 0.6) is 0 Å². The SMILES string of the molecule is CCCN(CCO)C(=O)c1cccc(I)c1. The summed E-state index contributed by atoms with van der Waals surface area (Å²) in [4.78, 5) is 13.8. The Morgan fingerprint density at radius 2 is 2.19 bits per heavy atom. The Balaban J connectivity index is 2.81. The molecule has 0 spiro atoms. The summed E-state index contributed by atoms with van der Waals surface area (Å²) < 4.78 is 1.05. The van der Waals surface area contributed by atoms with Crippen LogP contribution in [0.4, 0.5) is 0 Å². The number of rotatable bonds is 5. The molecule has 1 aromatic carbocycles. The molecule has 0 fully saturated rings. The van der Waals surface area contributed by atoms with Gasteiger partial charge in [-0.05, 0) is 47.2 Å². The lowest BCUT2D eigenvalue weighted by molar-refractivity contribution is 0.0722. The van der Waals surface area contributed by atoms with E-state index in [0.717, 1.165) is 9.99 Å². The molecule has 0 saturated carbocycles. The van der Waals surface area contributed by atoms with Crippen LogP contribution < -0.4 is 0 Å². The molecular weight excluding hydrogens is 317 g/mol. The first-order chi connectivity index (χ1) is 7.69. The van der Waals surface area contributed by atoms with Crippen LogP contribution in [0.1, 0.15) is 23.7 Å². The zero-order valence-corrected chi connectivity index (χ0v) is 11.5. The monoisotopic (exact) mass is 333 g/mol. The van der Waals surface area contributed by atoms with Crippen molar-refractivity contribution in [2.24, 2.45) is 0 Å². The Labute approximate surface area is 110 Å². The average Bonchev–Trinajstić information content (AvgIpc) is 2.28. The molecule has 16 heavy (non-hydrogen) atoms. The van der Waals surface area contributed by atoms with Gasteiger partial charge in [0.15, 0.2) is 0 Å². The Morgan fingerprint density at radius 3 is 2.75 bits per heavy atom. The topological polar surface area (TPSA) is 40.5 Å². The van der Waals surface area contributed by atoms with Crippen LogP contribution in [0.2, 0.25) is 0 Å². The molecule has 3 nitrogen and oxygen atoms in total. The molecule has 0 unspecified atom stereocenters. The molecule has 0 atom stereocenters. The van der Waals surface area contributed by atoms with E-state index in [4.69, 9.17) is 5.11 Å². The summed E-state index contributed by atoms with van der Waals surface area (Å²) in [5.74, 6) is -0.00517. The van der Waals surface area contributed by atoms with E-state index in [2.05, 4.69) is 22.6 Å². The van der Waals surface area contributed by atoms with Crippen molar-refractivity contribution < 1.29 is 9.90 Å². The van der Waals surface area contributed by atoms with Gasteiger partial charge in [0.2, 0.25) is 0 Å². The predicted molar refractivity (Wildman–Crippen MR) is 72.4 cm³/mol. The van der Waals surface area contributed by atoms with Gasteiger partial charge in [-0.3, -0.25) is 4.79 Å². The van der Waals surface area contributed by atoms with E-state index in [-0.39, 0.29) is 12.5 Å². The molecule has 0 aliphatic carbocycles. The number of amides is 1. The molecule has 0 aliphatic rings. The minimum atomic E-state index is -0.00517. The highest BCUT2D eigenvalue weighted by atomic mass is 127. The normalized spacial score (nSPS) is 10.2. The number of carbonyl (C=O) groups excluding carboxylic acids is 1. The van der Waals surface area contributed by atoms with E-state index in [1.165, 1.54) is 0 Å². The second-order valence-electron chi connectivity index (χ2n) is 3.53. The summed E-state index contributed by atoms with van der Waals surface area (Å²) in [6.07, 6.45) is 0.898. The summed E-state index contributed by atoms with van der Waals surface area (Å²) in [6, 6.07) is 7.50. The van der Waals surface area contributed by atoms with Gasteiger partial charge in [-0.1, -0.05) is 13.0 Å². The molecule has 0 radical (unpaired) electrons. The van der Waals surface area contributed by atoms with Gasteiger partial charge in [-0.15, -0.1) is 0 Å². The van der Waals surface area contributed by atoms with Crippen molar-refractivity contribution in [1.82, 2.24) is 4.90 Å². The Morgan fingerprint density at radius 1 is 1.44 bits per heavy atom. The molecular formula is C12H16INO2. The van der Waals surface area contributed by atoms with Crippen molar-refractivity contribution in [3.63, 3.8) is 0 Å². The maximum absolute atomic E-state index is 12.1. The van der Waals surface area contributed by atoms with Gasteiger partial charge in [0.05, 0.1) is 6.61 Å². The maximum atomic E-state index is 12.1. The van der Waals surface area contributed by atoms with Crippen molar-refractivity contribution in [2.75, 3.05) is 19.7 Å². The molecule has 4 heteroatoms. The van der Waals surface area contributed by atoms with Crippen molar-refractivity contribution >= 4 is 28.5 Å². The van der Waals surface area contributed by atoms with E-state index in [9.17, 15) is 4.79 Å². The predicted octanol–water partition coefficient (Wildman–Crippen LogP) is 2.14. The lowest BCUT2D eigenvalue weighted by Gasteiger charge is -2.21. The van der Waals surface area contributed by atoms with Gasteiger partial charge in [0, 0.05) is 22.2 Å². The van der Waals surface area contributed by atoms with E-state index in [1.807, 2.05) is 31.2 Å². The van der Waals surface area contributed by atoms with Crippen molar-refractivity contribution in [1.29, 1.82) is 0 Å². The first kappa shape index (κ1) is 13.4. The third-order valence-electron chi connectivity index (χ3n) is 2.22. The third kappa shape index (κ3) is 3.75. The Hall–Kier alpha value is -0.620. The zero-order valence-electron chi connectivity index (χ0n) is 9.32. The lowest BCUT2D eigenvalue weighted by atomic mass is 10.2. The molecule has 1 rings (SSSR count). The van der Waals surface area contributed by atoms with Crippen LogP contribution in [-0.2, 0) is 0 Å². The quantitative estimate of drug-likeness (QED) is 0.839. The fraction of sp³-hybridized carbons (Fsp3) is 0.417. The second-order valence-corrected chi connectivity index (χ2v) is 4.77. The summed E-state index contributed by atoms with van der Waals surface area (Å²) >= 11 is 2.18. The number of aliphatic hydroxyl groups excluding tert-OH is 1. The van der Waals surface area contributed by atoms with Gasteiger partial charge < -0.3 is 10.0 Å². The highest BCUT2D eigenvalue weighted by Crippen LogP contribution is 2.10. The summed E-state index contributed by atoms with van der Waals surface area (Å²) in [6.45, 7) is 3.12. The van der Waals surface area contributed by atoms with E-state index < -0.39 is 0 Å². The van der Waals surface area contributed by atoms with Gasteiger partial charge in [-0.2, -0.15) is 0 Å². The second kappa shape index (κ2) is 6.85. The van der Waals surface area contributed by atoms with Crippen LogP contribution in [0, 0.1) is 3.57 Å². The van der Waals surface area contributed by atoms with Crippen LogP contribution in [0.15, 0.2) is 24.3 Å². The van der Waals surface area contributed by atoms with Crippen LogP contribution in [0.25, 0.3) is 0 Å². The molecule has 1 N–H and O–H groups in total. The van der Waals surface area contributed by atoms with Gasteiger partial charge in [0.25, 0.3) is 5.91 Å². The largest absolute Gasteiger partial charge is 0.395 e. The molecule has 0 bridgehead atoms. The van der Waals surface area contributed by atoms with Crippen molar-refractivity contribution in [2.45, 2.75) is 13.3 Å². The van der Waals surface area contributed by atoms with Crippen molar-refractivity contribution in [3.8, 4) is 0 Å². The maximum Gasteiger partial charge on any atom is 0.253 e. The number of carbonyl (C=O) groups is 1. The van der Waals surface area contributed by atoms with E-state index >= 15 is 0 Å². The molecule has 0 heterocycles. The number of nitrogens with zero attached hydrogens (tertiary/aromatic N) is 1. The van der Waals surface area contributed by atoms with Crippen molar-refractivity contribution in [3.05, 3.63) is 33.4 Å². The number of hydrogen-bond donors (Lipinski definition) is 1. The lowest BCUT2D eigenvalue weighted by Crippen LogP contribution is -2.34. The average molecular weight is 333 g/mol. The zero-order chi connectivity index (χ0) is 12.0. The Kier molecular flexibility index (Phi) is 5.76. The van der Waals surface area contributed by atoms with E-state index in [1.54, 1.807) is 4.90 Å². The van der Waals surface area contributed by atoms with Gasteiger partial charge in [0.1, 0.15) is 0 Å². The number of aliphatic hydroxyl groups is 1. The van der Waals surface area contributed by atoms with E-state index in [0.29, 0.717) is 18.7 Å². The highest BCUT2D eigenvalue weighted by molar-refractivity contribution is 14.1. The van der Waals surface area contributed by atoms with Crippen LogP contribution in [-0.4, -0.2) is 35.6 Å². The third-order valence-corrected chi connectivity index (χ3v) is 2.89. The van der Waals surface area contributed by atoms with Gasteiger partial charge >= 0.3 is 0 Å². The fourth-order valence-electron chi connectivity index (χ4n) is 1.51. The minimum absolute atomic E-state index is 0.00517.